The van der Waals surface area contributed by atoms with Crippen LogP contribution in [0.25, 0.3) is 192 Å². The number of benzene rings is 20. The number of aryl methyl sites for hydroxylation is 8. The van der Waals surface area contributed by atoms with Gasteiger partial charge in [0, 0.05) is 75.8 Å². The third-order valence-electron chi connectivity index (χ3n) is 23.9. The summed E-state index contributed by atoms with van der Waals surface area (Å²) in [5, 5.41) is 144. The molecule has 20 rings (SSSR count). The lowest BCUT2D eigenvalue weighted by Crippen LogP contribution is -1.96. The van der Waals surface area contributed by atoms with E-state index in [0.29, 0.717) is 89.5 Å². The van der Waals surface area contributed by atoms with Gasteiger partial charge in [-0.1, -0.05) is 96.1 Å². The number of rotatable bonds is 0. The quantitative estimate of drug-likeness (QED) is 0.0777. The van der Waals surface area contributed by atoms with Gasteiger partial charge in [-0.3, -0.25) is 0 Å². The maximum absolute atomic E-state index is 9.93. The molecular formula is C104H48N16. The Hall–Kier alpha value is -18.6. The lowest BCUT2D eigenvalue weighted by Gasteiger charge is -2.19. The molecule has 16 nitrogen and oxygen atoms in total. The highest BCUT2D eigenvalue weighted by Gasteiger charge is 2.29. The van der Waals surface area contributed by atoms with Crippen LogP contribution in [0.15, 0.2) is 146 Å². The number of nitrogens with zero attached hydrogens (tertiary/aromatic N) is 16. The summed E-state index contributed by atoms with van der Waals surface area (Å²) in [6, 6.07) is 71.4. The molecule has 20 aromatic rings. The Balaban J connectivity index is 0.000000114. The zero-order chi connectivity index (χ0) is 84.6. The zero-order valence-corrected chi connectivity index (χ0v) is 65.0. The van der Waals surface area contributed by atoms with Crippen LogP contribution in [-0.2, 0) is 0 Å². The van der Waals surface area contributed by atoms with Crippen molar-refractivity contribution in [1.29, 1.82) is 63.1 Å². The molecule has 0 heterocycles. The van der Waals surface area contributed by atoms with Gasteiger partial charge in [0.2, 0.25) is 0 Å². The summed E-state index contributed by atoms with van der Waals surface area (Å²) in [6.07, 6.45) is 0. The predicted octanol–water partition coefficient (Wildman–Crippen LogP) is 26.1. The molecular weight excluding hydrogens is 1470 g/mol. The first-order chi connectivity index (χ1) is 58.2. The largest absolute Gasteiger partial charge is 0.237 e. The van der Waals surface area contributed by atoms with Gasteiger partial charge in [0.25, 0.3) is 0 Å². The lowest BCUT2D eigenvalue weighted by atomic mass is 9.83. The third kappa shape index (κ3) is 10.1. The molecule has 16 heteroatoms. The van der Waals surface area contributed by atoms with E-state index in [1.54, 1.807) is 48.5 Å². The summed E-state index contributed by atoms with van der Waals surface area (Å²) in [5.74, 6) is 0. The second-order valence-electron chi connectivity index (χ2n) is 29.9. The van der Waals surface area contributed by atoms with E-state index < -0.39 is 0 Å². The van der Waals surface area contributed by atoms with Crippen molar-refractivity contribution in [2.75, 3.05) is 0 Å². The molecule has 20 aromatic carbocycles. The summed E-state index contributed by atoms with van der Waals surface area (Å²) >= 11 is 0. The van der Waals surface area contributed by atoms with E-state index in [2.05, 4.69) is 92.2 Å². The Labute approximate surface area is 684 Å². The molecule has 0 amide bonds. The molecule has 0 aliphatic rings. The lowest BCUT2D eigenvalue weighted by molar-refractivity contribution is 1.46. The summed E-state index contributed by atoms with van der Waals surface area (Å²) in [4.78, 5) is 15.0. The van der Waals surface area contributed by atoms with Crippen LogP contribution in [0.4, 0.5) is 22.7 Å². The van der Waals surface area contributed by atoms with E-state index in [-0.39, 0.29) is 0 Å². The molecule has 0 radical (unpaired) electrons. The highest BCUT2D eigenvalue weighted by atomic mass is 14.7. The number of fused-ring (bicyclic) bond motifs is 8. The fourth-order valence-electron chi connectivity index (χ4n) is 19.3. The first-order valence-corrected chi connectivity index (χ1v) is 37.4. The van der Waals surface area contributed by atoms with Gasteiger partial charge in [-0.25, -0.2) is 19.4 Å². The van der Waals surface area contributed by atoms with Crippen LogP contribution in [0, 0.1) is 218 Å². The molecule has 0 aromatic heterocycles. The van der Waals surface area contributed by atoms with Crippen LogP contribution in [0.5, 0.6) is 0 Å². The standard InChI is InChI=1S/4C26H12N4/c1-13-8-17(12-29)23-18-6-4-16(11-28)22-14(2)9-20(30-3)24(26(18)22)19-7-5-15(10-27)21(13)25(19)23;1-13-5-7-19-24-20(30-3)9-17(12-29)22-14(2)4-6-18(26(22)24)23-16(11-28)8-15(10-27)21(13)25(19)23;1-13-4-6-18-23-17(12-29)9-16(11-28)22-14(2)8-20(30-3)25(26(22)23)19-7-5-15(10-27)21(13)24(18)19;1-13-4-6-19-24-18(7-5-15(10-27)21(13)24)23-16(11-28)8-14(2)22-17(12-29)9-20(30-3)25(19)26(22)23/h4*4-9H,1-2H3. The van der Waals surface area contributed by atoms with Crippen LogP contribution in [-0.4, -0.2) is 0 Å². The van der Waals surface area contributed by atoms with Crippen molar-refractivity contribution in [3.63, 3.8) is 0 Å². The van der Waals surface area contributed by atoms with Crippen molar-refractivity contribution in [2.45, 2.75) is 55.4 Å². The second kappa shape index (κ2) is 27.7. The molecule has 0 saturated carbocycles. The fraction of sp³-hybridized carbons (Fsp3) is 0.0769. The van der Waals surface area contributed by atoms with Gasteiger partial charge in [-0.2, -0.15) is 63.1 Å². The summed E-state index contributed by atoms with van der Waals surface area (Å²) in [5.41, 5.74) is 14.8. The summed E-state index contributed by atoms with van der Waals surface area (Å²) < 4.78 is 0. The van der Waals surface area contributed by atoms with Crippen LogP contribution in [0.2, 0.25) is 0 Å². The minimum Gasteiger partial charge on any atom is -0.237 e. The molecule has 0 fully saturated rings. The second-order valence-corrected chi connectivity index (χ2v) is 29.9. The Morgan fingerprint density at radius 2 is 0.333 bits per heavy atom. The van der Waals surface area contributed by atoms with Crippen LogP contribution >= 0.6 is 0 Å². The average molecular weight is 1520 g/mol. The van der Waals surface area contributed by atoms with Crippen molar-refractivity contribution in [1.82, 2.24) is 0 Å². The molecule has 0 saturated heterocycles. The SMILES string of the molecule is [C-]#[N+]c1cc(C#N)c2c(C)cc(C#N)c3c4ccc(C#N)c5c(C)ccc(c1c23)c54.[C-]#[N+]c1cc(C#N)c2c(C)ccc3c4c(C#N)cc(C#N)c5c(C)ccc(c1c23)c54.[C-]#[N+]c1cc(C)c2c(C#N)cc(C#N)c3c4ccc(C)c5c(C#N)ccc(c1c23)c54.[C-]#[N+]c1cc(C)c2c(C#N)ccc3c4c(C#N)cc(C)c5c(C#N)ccc(c1c23)c54. The number of nitriles is 12. The van der Waals surface area contributed by atoms with E-state index in [4.69, 9.17) is 26.3 Å². The predicted molar refractivity (Wildman–Crippen MR) is 470 cm³/mol. The molecule has 0 aliphatic carbocycles. The normalized spacial score (nSPS) is 10.9. The van der Waals surface area contributed by atoms with Crippen LogP contribution in [0.1, 0.15) is 111 Å². The van der Waals surface area contributed by atoms with Crippen molar-refractivity contribution >= 4 is 195 Å². The monoisotopic (exact) mass is 1520 g/mol. The van der Waals surface area contributed by atoms with E-state index in [9.17, 15) is 63.1 Å². The van der Waals surface area contributed by atoms with Crippen molar-refractivity contribution in [3.8, 4) is 72.8 Å². The molecule has 0 atom stereocenters. The molecule has 0 unspecified atom stereocenters. The van der Waals surface area contributed by atoms with E-state index in [1.807, 2.05) is 152 Å². The Bertz CT molecular complexity index is 8480. The van der Waals surface area contributed by atoms with E-state index >= 15 is 0 Å². The number of hydrogen-bond acceptors (Lipinski definition) is 12. The first kappa shape index (κ1) is 74.2. The van der Waals surface area contributed by atoms with Crippen LogP contribution < -0.4 is 0 Å². The fourth-order valence-corrected chi connectivity index (χ4v) is 19.3. The Morgan fingerprint density at radius 1 is 0.158 bits per heavy atom. The van der Waals surface area contributed by atoms with E-state index in [0.717, 1.165) is 217 Å². The maximum Gasteiger partial charge on any atom is 0.196 e. The van der Waals surface area contributed by atoms with Gasteiger partial charge < -0.3 is 0 Å². The Kier molecular flexibility index (Phi) is 17.1. The summed E-state index contributed by atoms with van der Waals surface area (Å²) in [7, 11) is 0. The van der Waals surface area contributed by atoms with Gasteiger partial charge in [0.05, 0.1) is 155 Å². The molecule has 0 spiro atoms. The molecule has 0 aliphatic heterocycles. The van der Waals surface area contributed by atoms with E-state index in [1.165, 1.54) is 0 Å². The first-order valence-electron chi connectivity index (χ1n) is 37.4. The highest BCUT2D eigenvalue weighted by Crippen LogP contribution is 2.54. The van der Waals surface area contributed by atoms with Crippen molar-refractivity contribution in [3.05, 3.63) is 303 Å². The topological polar surface area (TPSA) is 303 Å². The van der Waals surface area contributed by atoms with Gasteiger partial charge in [0.1, 0.15) is 0 Å². The van der Waals surface area contributed by atoms with Gasteiger partial charge in [-0.15, -0.1) is 0 Å². The minimum absolute atomic E-state index is 0.382. The maximum atomic E-state index is 9.93. The minimum atomic E-state index is 0.382. The third-order valence-corrected chi connectivity index (χ3v) is 23.9. The average Bonchev–Trinajstić information content (AvgIpc) is 0.713. The molecule has 0 bridgehead atoms. The Morgan fingerprint density at radius 3 is 0.617 bits per heavy atom. The van der Waals surface area contributed by atoms with Crippen molar-refractivity contribution in [2.24, 2.45) is 0 Å². The zero-order valence-electron chi connectivity index (χ0n) is 65.0. The van der Waals surface area contributed by atoms with Gasteiger partial charge >= 0.3 is 0 Å². The molecule has 0 N–H and O–H groups in total. The smallest absolute Gasteiger partial charge is 0.196 e. The molecule has 120 heavy (non-hydrogen) atoms. The number of hydrogen-bond donors (Lipinski definition) is 0. The van der Waals surface area contributed by atoms with Gasteiger partial charge in [-0.05, 0) is 257 Å². The van der Waals surface area contributed by atoms with Crippen molar-refractivity contribution < 1.29 is 0 Å². The van der Waals surface area contributed by atoms with Gasteiger partial charge in [0.15, 0.2) is 22.7 Å². The molecule has 544 valence electrons. The van der Waals surface area contributed by atoms with Crippen LogP contribution in [0.3, 0.4) is 0 Å². The summed E-state index contributed by atoms with van der Waals surface area (Å²) in [6.45, 7) is 46.5. The highest BCUT2D eigenvalue weighted by molar-refractivity contribution is 6.42.